The highest BCUT2D eigenvalue weighted by Crippen LogP contribution is 2.43. The van der Waals surface area contributed by atoms with E-state index in [1.165, 1.54) is 16.2 Å². The summed E-state index contributed by atoms with van der Waals surface area (Å²) in [6.07, 6.45) is 1.57. The first-order valence-electron chi connectivity index (χ1n) is 10.3. The first kappa shape index (κ1) is 22.1. The van der Waals surface area contributed by atoms with Gasteiger partial charge in [-0.2, -0.15) is 0 Å². The second-order valence-corrected chi connectivity index (χ2v) is 9.27. The van der Waals surface area contributed by atoms with E-state index in [1.54, 1.807) is 60.1 Å². The maximum Gasteiger partial charge on any atom is 0.301 e. The zero-order valence-electron chi connectivity index (χ0n) is 17.6. The number of carbonyl (C=O) groups is 2. The molecule has 34 heavy (non-hydrogen) atoms. The van der Waals surface area contributed by atoms with Crippen LogP contribution in [0.2, 0.25) is 0 Å². The number of ketones is 1. The topological polar surface area (TPSA) is 79.7 Å². The van der Waals surface area contributed by atoms with Crippen LogP contribution >= 0.6 is 27.3 Å². The third kappa shape index (κ3) is 4.13. The largest absolute Gasteiger partial charge is 0.507 e. The van der Waals surface area contributed by atoms with E-state index >= 15 is 0 Å². The van der Waals surface area contributed by atoms with Gasteiger partial charge in [0.05, 0.1) is 11.6 Å². The van der Waals surface area contributed by atoms with Crippen molar-refractivity contribution in [3.63, 3.8) is 0 Å². The fourth-order valence-electron chi connectivity index (χ4n) is 3.82. The molecule has 8 heteroatoms. The van der Waals surface area contributed by atoms with Gasteiger partial charge >= 0.3 is 5.91 Å². The van der Waals surface area contributed by atoms with Crippen molar-refractivity contribution in [3.8, 4) is 11.5 Å². The number of aliphatic hydroxyl groups is 1. The fourth-order valence-corrected chi connectivity index (χ4v) is 4.75. The number of thiazole rings is 1. The molecule has 2 heterocycles. The number of halogens is 1. The highest BCUT2D eigenvalue weighted by atomic mass is 79.9. The van der Waals surface area contributed by atoms with Gasteiger partial charge in [0, 0.05) is 21.6 Å². The average molecular weight is 533 g/mol. The lowest BCUT2D eigenvalue weighted by molar-refractivity contribution is -0.132. The van der Waals surface area contributed by atoms with Crippen LogP contribution in [0.4, 0.5) is 5.13 Å². The number of rotatable bonds is 5. The van der Waals surface area contributed by atoms with E-state index in [4.69, 9.17) is 4.74 Å². The van der Waals surface area contributed by atoms with Gasteiger partial charge in [-0.1, -0.05) is 58.4 Å². The first-order chi connectivity index (χ1) is 16.5. The van der Waals surface area contributed by atoms with E-state index in [0.29, 0.717) is 27.8 Å². The zero-order valence-corrected chi connectivity index (χ0v) is 20.0. The van der Waals surface area contributed by atoms with Gasteiger partial charge in [0.2, 0.25) is 0 Å². The molecule has 1 aromatic heterocycles. The predicted octanol–water partition coefficient (Wildman–Crippen LogP) is 6.32. The molecule has 5 rings (SSSR count). The number of nitrogens with zero attached hydrogens (tertiary/aromatic N) is 2. The molecule has 1 amide bonds. The second-order valence-electron chi connectivity index (χ2n) is 7.48. The molecule has 1 aliphatic rings. The molecular weight excluding hydrogens is 516 g/mol. The minimum absolute atomic E-state index is 0.000571. The highest BCUT2D eigenvalue weighted by molar-refractivity contribution is 9.10. The van der Waals surface area contributed by atoms with Crippen molar-refractivity contribution in [2.45, 2.75) is 6.04 Å². The molecule has 0 aliphatic carbocycles. The molecule has 0 spiro atoms. The van der Waals surface area contributed by atoms with Crippen LogP contribution in [0.25, 0.3) is 5.76 Å². The summed E-state index contributed by atoms with van der Waals surface area (Å²) in [5.41, 5.74) is 1.04. The standard InChI is InChI=1S/C26H17BrN2O4S/c27-18-11-9-16(10-12-18)23(30)21-22(29(25(32)24(21)31)26-28-13-14-34-26)17-5-4-8-20(15-17)33-19-6-2-1-3-7-19/h1-15,22,30H/b23-21-. The molecule has 1 aliphatic heterocycles. The Morgan fingerprint density at radius 3 is 2.41 bits per heavy atom. The molecule has 1 N–H and O–H groups in total. The summed E-state index contributed by atoms with van der Waals surface area (Å²) in [5.74, 6) is -0.562. The second kappa shape index (κ2) is 9.24. The molecule has 1 saturated heterocycles. The molecule has 4 aromatic rings. The van der Waals surface area contributed by atoms with Crippen LogP contribution in [0.5, 0.6) is 11.5 Å². The van der Waals surface area contributed by atoms with E-state index in [0.717, 1.165) is 4.47 Å². The van der Waals surface area contributed by atoms with Gasteiger partial charge in [0.1, 0.15) is 17.3 Å². The lowest BCUT2D eigenvalue weighted by Crippen LogP contribution is -2.29. The number of Topliss-reactive ketones (excluding diaryl/α,β-unsaturated/α-hetero) is 1. The summed E-state index contributed by atoms with van der Waals surface area (Å²) in [4.78, 5) is 31.9. The van der Waals surface area contributed by atoms with Crippen LogP contribution in [0.3, 0.4) is 0 Å². The minimum atomic E-state index is -0.867. The van der Waals surface area contributed by atoms with Crippen molar-refractivity contribution in [2.75, 3.05) is 4.90 Å². The molecule has 6 nitrogen and oxygen atoms in total. The van der Waals surface area contributed by atoms with Crippen LogP contribution < -0.4 is 9.64 Å². The predicted molar refractivity (Wildman–Crippen MR) is 134 cm³/mol. The molecule has 1 atom stereocenters. The van der Waals surface area contributed by atoms with E-state index in [-0.39, 0.29) is 11.3 Å². The Labute approximate surface area is 207 Å². The number of ether oxygens (including phenoxy) is 1. The number of benzene rings is 3. The number of para-hydroxylation sites is 1. The monoisotopic (exact) mass is 532 g/mol. The van der Waals surface area contributed by atoms with E-state index in [9.17, 15) is 14.7 Å². The van der Waals surface area contributed by atoms with Crippen LogP contribution in [0.1, 0.15) is 17.2 Å². The van der Waals surface area contributed by atoms with E-state index in [2.05, 4.69) is 20.9 Å². The number of anilines is 1. The molecular formula is C26H17BrN2O4S. The third-order valence-corrected chi connectivity index (χ3v) is 6.64. The molecule has 1 fully saturated rings. The summed E-state index contributed by atoms with van der Waals surface area (Å²) >= 11 is 4.61. The summed E-state index contributed by atoms with van der Waals surface area (Å²) < 4.78 is 6.79. The number of hydrogen-bond acceptors (Lipinski definition) is 6. The van der Waals surface area contributed by atoms with Crippen LogP contribution in [0, 0.1) is 0 Å². The van der Waals surface area contributed by atoms with Gasteiger partial charge in [0.15, 0.2) is 5.13 Å². The Balaban J connectivity index is 1.64. The molecule has 3 aromatic carbocycles. The molecule has 0 saturated carbocycles. The van der Waals surface area contributed by atoms with Crippen molar-refractivity contribution in [1.29, 1.82) is 0 Å². The summed E-state index contributed by atoms with van der Waals surface area (Å²) in [6.45, 7) is 0. The van der Waals surface area contributed by atoms with Crippen LogP contribution in [0.15, 0.2) is 100 Å². The maximum absolute atomic E-state index is 13.2. The third-order valence-electron chi connectivity index (χ3n) is 5.34. The number of carbonyl (C=O) groups excluding carboxylic acids is 2. The van der Waals surface area contributed by atoms with Crippen molar-refractivity contribution in [3.05, 3.63) is 112 Å². The SMILES string of the molecule is O=C1C(=O)N(c2nccs2)C(c2cccc(Oc3ccccc3)c2)/C1=C(/O)c1ccc(Br)cc1. The number of amides is 1. The molecule has 0 radical (unpaired) electrons. The Hall–Kier alpha value is -3.75. The van der Waals surface area contributed by atoms with Gasteiger partial charge < -0.3 is 9.84 Å². The number of aromatic nitrogens is 1. The normalized spacial score (nSPS) is 17.2. The van der Waals surface area contributed by atoms with Crippen molar-refractivity contribution in [2.24, 2.45) is 0 Å². The van der Waals surface area contributed by atoms with E-state index in [1.807, 2.05) is 30.3 Å². The summed E-state index contributed by atoms with van der Waals surface area (Å²) in [7, 11) is 0. The lowest BCUT2D eigenvalue weighted by atomic mass is 9.95. The Bertz CT molecular complexity index is 1390. The Kier molecular flexibility index (Phi) is 6.00. The van der Waals surface area contributed by atoms with Gasteiger partial charge in [-0.05, 0) is 42.0 Å². The highest BCUT2D eigenvalue weighted by Gasteiger charge is 2.48. The molecule has 1 unspecified atom stereocenters. The smallest absolute Gasteiger partial charge is 0.301 e. The summed E-state index contributed by atoms with van der Waals surface area (Å²) in [6, 6.07) is 22.5. The lowest BCUT2D eigenvalue weighted by Gasteiger charge is -2.23. The summed E-state index contributed by atoms with van der Waals surface area (Å²) in [5, 5.41) is 13.3. The number of hydrogen-bond donors (Lipinski definition) is 1. The van der Waals surface area contributed by atoms with Crippen LogP contribution in [-0.4, -0.2) is 21.8 Å². The Morgan fingerprint density at radius 1 is 0.971 bits per heavy atom. The van der Waals surface area contributed by atoms with Crippen molar-refractivity contribution < 1.29 is 19.4 Å². The van der Waals surface area contributed by atoms with Gasteiger partial charge in [-0.25, -0.2) is 4.98 Å². The zero-order chi connectivity index (χ0) is 23.7. The first-order valence-corrected chi connectivity index (χ1v) is 12.0. The van der Waals surface area contributed by atoms with Crippen LogP contribution in [-0.2, 0) is 9.59 Å². The molecule has 168 valence electrons. The van der Waals surface area contributed by atoms with Gasteiger partial charge in [0.25, 0.3) is 5.78 Å². The van der Waals surface area contributed by atoms with E-state index < -0.39 is 17.7 Å². The maximum atomic E-state index is 13.2. The average Bonchev–Trinajstić information content (AvgIpc) is 3.47. The molecule has 0 bridgehead atoms. The fraction of sp³-hybridized carbons (Fsp3) is 0.0385. The number of aliphatic hydroxyl groups excluding tert-OH is 1. The van der Waals surface area contributed by atoms with Crippen molar-refractivity contribution >= 4 is 49.8 Å². The Morgan fingerprint density at radius 2 is 1.71 bits per heavy atom. The quantitative estimate of drug-likeness (QED) is 0.184. The van der Waals surface area contributed by atoms with Gasteiger partial charge in [-0.3, -0.25) is 14.5 Å². The minimum Gasteiger partial charge on any atom is -0.507 e. The van der Waals surface area contributed by atoms with Crippen molar-refractivity contribution in [1.82, 2.24) is 4.98 Å². The van der Waals surface area contributed by atoms with Gasteiger partial charge in [-0.15, -0.1) is 11.3 Å².